The summed E-state index contributed by atoms with van der Waals surface area (Å²) in [6.07, 6.45) is 3.66. The molecule has 1 heterocycles. The highest BCUT2D eigenvalue weighted by molar-refractivity contribution is 6.00. The summed E-state index contributed by atoms with van der Waals surface area (Å²) in [4.78, 5) is 47.7. The Bertz CT molecular complexity index is 1240. The zero-order valence-electron chi connectivity index (χ0n) is 21.8. The van der Waals surface area contributed by atoms with E-state index in [1.807, 2.05) is 13.0 Å². The third kappa shape index (κ3) is 6.00. The molecule has 0 spiro atoms. The van der Waals surface area contributed by atoms with Gasteiger partial charge in [-0.1, -0.05) is 13.8 Å². The van der Waals surface area contributed by atoms with Crippen LogP contribution in [-0.2, 0) is 25.5 Å². The Labute approximate surface area is 215 Å². The number of hydrogen-bond donors (Lipinski definition) is 2. The number of carbonyl (C=O) groups is 4. The van der Waals surface area contributed by atoms with Gasteiger partial charge in [-0.25, -0.2) is 9.48 Å². The van der Waals surface area contributed by atoms with Crippen molar-refractivity contribution in [1.82, 2.24) is 9.78 Å². The standard InChI is InChI=1S/C27H34N4O6/c1-15-25-22(12-27(3,4)13-23(25)33)31(30-15)18-7-10-20(26(28)35)21(11-18)29-17-5-8-19(9-6-17)37-24(34)14-36-16(2)32/h7,10-11,17,19,29H,5-6,8-9,12-14H2,1-4H3,(H2,28,35). The number of Topliss-reactive ketones (excluding diaryl/α,β-unsaturated/α-hetero) is 1. The largest absolute Gasteiger partial charge is 0.460 e. The fourth-order valence-corrected chi connectivity index (χ4v) is 5.28. The van der Waals surface area contributed by atoms with Crippen molar-refractivity contribution in [3.63, 3.8) is 0 Å². The van der Waals surface area contributed by atoms with Crippen LogP contribution >= 0.6 is 0 Å². The van der Waals surface area contributed by atoms with Crippen molar-refractivity contribution in [2.45, 2.75) is 78.4 Å². The molecule has 2 aromatic rings. The van der Waals surface area contributed by atoms with Gasteiger partial charge in [-0.05, 0) is 62.6 Å². The van der Waals surface area contributed by atoms with E-state index in [2.05, 4.69) is 29.0 Å². The number of nitrogens with zero attached hydrogens (tertiary/aromatic N) is 2. The van der Waals surface area contributed by atoms with E-state index >= 15 is 0 Å². The lowest BCUT2D eigenvalue weighted by molar-refractivity contribution is -0.162. The number of ether oxygens (including phenoxy) is 2. The van der Waals surface area contributed by atoms with Crippen LogP contribution in [0.1, 0.15) is 85.0 Å². The highest BCUT2D eigenvalue weighted by Gasteiger charge is 2.36. The lowest BCUT2D eigenvalue weighted by atomic mass is 9.75. The van der Waals surface area contributed by atoms with Gasteiger partial charge >= 0.3 is 11.9 Å². The first kappa shape index (κ1) is 26.4. The van der Waals surface area contributed by atoms with Crippen LogP contribution < -0.4 is 11.1 Å². The molecule has 0 unspecified atom stereocenters. The SMILES string of the molecule is CC(=O)OCC(=O)OC1CCC(Nc2cc(-n3nc(C)c4c3CC(C)(C)CC4=O)ccc2C(N)=O)CC1. The Morgan fingerprint density at radius 1 is 1.16 bits per heavy atom. The molecule has 10 nitrogen and oxygen atoms in total. The molecular weight excluding hydrogens is 476 g/mol. The van der Waals surface area contributed by atoms with Crippen molar-refractivity contribution < 1.29 is 28.7 Å². The van der Waals surface area contributed by atoms with Gasteiger partial charge in [0.05, 0.1) is 28.2 Å². The summed E-state index contributed by atoms with van der Waals surface area (Å²) in [6, 6.07) is 5.38. The molecule has 0 radical (unpaired) electrons. The monoisotopic (exact) mass is 510 g/mol. The molecule has 1 aromatic carbocycles. The van der Waals surface area contributed by atoms with Crippen LogP contribution in [0.4, 0.5) is 5.69 Å². The maximum absolute atomic E-state index is 12.8. The molecule has 1 fully saturated rings. The van der Waals surface area contributed by atoms with Crippen molar-refractivity contribution in [3.8, 4) is 5.69 Å². The first-order valence-electron chi connectivity index (χ1n) is 12.6. The first-order valence-corrected chi connectivity index (χ1v) is 12.6. The lowest BCUT2D eigenvalue weighted by Crippen LogP contribution is -2.32. The van der Waals surface area contributed by atoms with Gasteiger partial charge in [0.1, 0.15) is 6.10 Å². The highest BCUT2D eigenvalue weighted by atomic mass is 16.6. The number of hydrogen-bond acceptors (Lipinski definition) is 8. The molecule has 0 aliphatic heterocycles. The molecule has 37 heavy (non-hydrogen) atoms. The number of nitrogens with one attached hydrogen (secondary N) is 1. The fourth-order valence-electron chi connectivity index (χ4n) is 5.28. The molecule has 1 saturated carbocycles. The van der Waals surface area contributed by atoms with Crippen LogP contribution in [0.3, 0.4) is 0 Å². The second kappa shape index (κ2) is 10.4. The number of anilines is 1. The number of aryl methyl sites for hydroxylation is 1. The molecule has 4 rings (SSSR count). The van der Waals surface area contributed by atoms with E-state index < -0.39 is 17.8 Å². The van der Waals surface area contributed by atoms with Gasteiger partial charge < -0.3 is 20.5 Å². The van der Waals surface area contributed by atoms with E-state index in [4.69, 9.17) is 10.5 Å². The summed E-state index contributed by atoms with van der Waals surface area (Å²) in [5.74, 6) is -1.53. The van der Waals surface area contributed by atoms with Crippen molar-refractivity contribution in [3.05, 3.63) is 40.7 Å². The number of fused-ring (bicyclic) bond motifs is 1. The third-order valence-electron chi connectivity index (χ3n) is 6.96. The van der Waals surface area contributed by atoms with E-state index in [0.717, 1.165) is 17.8 Å². The van der Waals surface area contributed by atoms with Crippen LogP contribution in [0.2, 0.25) is 0 Å². The summed E-state index contributed by atoms with van der Waals surface area (Å²) >= 11 is 0. The average molecular weight is 511 g/mol. The number of rotatable bonds is 7. The zero-order chi connectivity index (χ0) is 26.9. The Balaban J connectivity index is 1.51. The Morgan fingerprint density at radius 3 is 2.51 bits per heavy atom. The van der Waals surface area contributed by atoms with Crippen LogP contribution in [0, 0.1) is 12.3 Å². The van der Waals surface area contributed by atoms with Gasteiger partial charge in [0.2, 0.25) is 0 Å². The minimum absolute atomic E-state index is 0.0468. The molecule has 1 amide bonds. The molecular formula is C27H34N4O6. The van der Waals surface area contributed by atoms with E-state index in [0.29, 0.717) is 54.6 Å². The minimum Gasteiger partial charge on any atom is -0.460 e. The van der Waals surface area contributed by atoms with Crippen molar-refractivity contribution in [2.24, 2.45) is 11.1 Å². The number of amides is 1. The zero-order valence-corrected chi connectivity index (χ0v) is 21.8. The normalized spacial score (nSPS) is 20.6. The van der Waals surface area contributed by atoms with Crippen LogP contribution in [-0.4, -0.2) is 52.2 Å². The maximum Gasteiger partial charge on any atom is 0.344 e. The maximum atomic E-state index is 12.8. The Hall–Kier alpha value is -3.69. The van der Waals surface area contributed by atoms with Gasteiger partial charge in [0.25, 0.3) is 5.91 Å². The molecule has 3 N–H and O–H groups in total. The van der Waals surface area contributed by atoms with Crippen LogP contribution in [0.15, 0.2) is 18.2 Å². The predicted octanol–water partition coefficient (Wildman–Crippen LogP) is 3.26. The van der Waals surface area contributed by atoms with E-state index in [1.165, 1.54) is 6.92 Å². The second-order valence-electron chi connectivity index (χ2n) is 10.7. The van der Waals surface area contributed by atoms with E-state index in [1.54, 1.807) is 16.8 Å². The average Bonchev–Trinajstić information content (AvgIpc) is 3.14. The van der Waals surface area contributed by atoms with Gasteiger partial charge in [-0.15, -0.1) is 0 Å². The van der Waals surface area contributed by atoms with Crippen molar-refractivity contribution in [1.29, 1.82) is 0 Å². The summed E-state index contributed by atoms with van der Waals surface area (Å²) < 4.78 is 11.9. The lowest BCUT2D eigenvalue weighted by Gasteiger charge is -2.30. The number of primary amides is 1. The quantitative estimate of drug-likeness (QED) is 0.541. The van der Waals surface area contributed by atoms with Crippen molar-refractivity contribution >= 4 is 29.3 Å². The summed E-state index contributed by atoms with van der Waals surface area (Å²) in [7, 11) is 0. The Kier molecular flexibility index (Phi) is 7.38. The first-order chi connectivity index (χ1) is 17.4. The van der Waals surface area contributed by atoms with E-state index in [9.17, 15) is 19.2 Å². The molecule has 2 aliphatic rings. The van der Waals surface area contributed by atoms with Gasteiger partial charge in [-0.2, -0.15) is 5.10 Å². The van der Waals surface area contributed by atoms with Crippen LogP contribution in [0.25, 0.3) is 5.69 Å². The molecule has 0 atom stereocenters. The number of carbonyl (C=O) groups excluding carboxylic acids is 4. The van der Waals surface area contributed by atoms with Gasteiger partial charge in [0, 0.05) is 25.1 Å². The third-order valence-corrected chi connectivity index (χ3v) is 6.96. The summed E-state index contributed by atoms with van der Waals surface area (Å²) in [5, 5.41) is 8.12. The van der Waals surface area contributed by atoms with Crippen LogP contribution in [0.5, 0.6) is 0 Å². The fraction of sp³-hybridized carbons (Fsp3) is 0.519. The highest BCUT2D eigenvalue weighted by Crippen LogP contribution is 2.37. The Morgan fingerprint density at radius 2 is 1.86 bits per heavy atom. The molecule has 198 valence electrons. The van der Waals surface area contributed by atoms with Gasteiger partial charge in [0.15, 0.2) is 12.4 Å². The smallest absolute Gasteiger partial charge is 0.344 e. The molecule has 0 saturated heterocycles. The van der Waals surface area contributed by atoms with Gasteiger partial charge in [-0.3, -0.25) is 14.4 Å². The minimum atomic E-state index is -0.560. The summed E-state index contributed by atoms with van der Waals surface area (Å²) in [5.41, 5.74) is 9.49. The molecule has 2 aliphatic carbocycles. The topological polar surface area (TPSA) is 143 Å². The molecule has 1 aromatic heterocycles. The number of ketones is 1. The number of nitrogens with two attached hydrogens (primary N) is 1. The summed E-state index contributed by atoms with van der Waals surface area (Å²) in [6.45, 7) is 6.85. The van der Waals surface area contributed by atoms with E-state index in [-0.39, 0.29) is 30.0 Å². The molecule has 0 bridgehead atoms. The van der Waals surface area contributed by atoms with Crippen molar-refractivity contribution in [2.75, 3.05) is 11.9 Å². The number of benzene rings is 1. The predicted molar refractivity (Wildman–Crippen MR) is 136 cm³/mol. The number of esters is 2. The number of aromatic nitrogens is 2. The molecule has 10 heteroatoms. The second-order valence-corrected chi connectivity index (χ2v) is 10.7.